The number of rotatable bonds is 6. The highest BCUT2D eigenvalue weighted by molar-refractivity contribution is 8.13. The second-order valence-corrected chi connectivity index (χ2v) is 8.96. The van der Waals surface area contributed by atoms with Crippen LogP contribution in [-0.2, 0) is 30.2 Å². The van der Waals surface area contributed by atoms with E-state index in [2.05, 4.69) is 5.32 Å². The third-order valence-corrected chi connectivity index (χ3v) is 4.54. The number of methoxy groups -OCH3 is 1. The molecule has 1 amide bonds. The van der Waals surface area contributed by atoms with Crippen LogP contribution in [-0.4, -0.2) is 41.9 Å². The normalized spacial score (nSPS) is 12.0. The van der Waals surface area contributed by atoms with Crippen molar-refractivity contribution in [2.75, 3.05) is 19.1 Å². The molecule has 1 aromatic rings. The highest BCUT2D eigenvalue weighted by Crippen LogP contribution is 2.24. The van der Waals surface area contributed by atoms with Crippen molar-refractivity contribution in [3.63, 3.8) is 0 Å². The van der Waals surface area contributed by atoms with Gasteiger partial charge in [-0.15, -0.1) is 0 Å². The summed E-state index contributed by atoms with van der Waals surface area (Å²) in [5.74, 6) is -1.000. The Morgan fingerprint density at radius 3 is 2.38 bits per heavy atom. The van der Waals surface area contributed by atoms with E-state index >= 15 is 0 Å². The fourth-order valence-corrected chi connectivity index (χ4v) is 2.91. The van der Waals surface area contributed by atoms with E-state index in [4.69, 9.17) is 15.4 Å². The second-order valence-electron chi connectivity index (χ2n) is 4.26. The smallest absolute Gasteiger partial charge is 0.261 e. The zero-order valence-corrected chi connectivity index (χ0v) is 13.7. The number of hydrogen-bond donors (Lipinski definition) is 1. The zero-order chi connectivity index (χ0) is 16.3. The van der Waals surface area contributed by atoms with Crippen LogP contribution >= 0.6 is 10.7 Å². The Balaban J connectivity index is 2.94. The summed E-state index contributed by atoms with van der Waals surface area (Å²) in [5.41, 5.74) is 0.362. The molecule has 0 atom stereocenters. The molecule has 0 aliphatic rings. The van der Waals surface area contributed by atoms with Gasteiger partial charge in [-0.25, -0.2) is 16.8 Å². The molecule has 0 radical (unpaired) electrons. The lowest BCUT2D eigenvalue weighted by atomic mass is 10.2. The highest BCUT2D eigenvalue weighted by Gasteiger charge is 2.15. The lowest BCUT2D eigenvalue weighted by Crippen LogP contribution is -2.29. The molecule has 0 bridgehead atoms. The number of ether oxygens (including phenoxy) is 1. The van der Waals surface area contributed by atoms with Crippen LogP contribution in [0, 0.1) is 0 Å². The largest absolute Gasteiger partial charge is 0.496 e. The van der Waals surface area contributed by atoms with Crippen molar-refractivity contribution in [1.82, 2.24) is 5.32 Å². The Morgan fingerprint density at radius 1 is 1.29 bits per heavy atom. The second kappa shape index (κ2) is 6.63. The van der Waals surface area contributed by atoms with Crippen LogP contribution in [0.25, 0.3) is 0 Å². The number of halogens is 1. The standard InChI is InChI=1S/C11H14ClNO6S2/c1-19-10-4-3-9(21(12,17)18)5-8(10)6-13-11(14)7-20(2,15)16/h3-5H,6-7H2,1-2H3,(H,13,14). The van der Waals surface area contributed by atoms with Gasteiger partial charge in [0, 0.05) is 29.0 Å². The Hall–Kier alpha value is -1.32. The lowest BCUT2D eigenvalue weighted by Gasteiger charge is -2.10. The molecule has 0 fully saturated rings. The molecule has 21 heavy (non-hydrogen) atoms. The van der Waals surface area contributed by atoms with Gasteiger partial charge in [-0.05, 0) is 18.2 Å². The number of nitrogens with one attached hydrogen (secondary N) is 1. The van der Waals surface area contributed by atoms with E-state index in [0.29, 0.717) is 11.3 Å². The summed E-state index contributed by atoms with van der Waals surface area (Å²) in [5, 5.41) is 2.37. The minimum Gasteiger partial charge on any atom is -0.496 e. The summed E-state index contributed by atoms with van der Waals surface area (Å²) >= 11 is 0. The van der Waals surface area contributed by atoms with E-state index in [1.165, 1.54) is 25.3 Å². The van der Waals surface area contributed by atoms with Gasteiger partial charge in [-0.1, -0.05) is 0 Å². The van der Waals surface area contributed by atoms with Gasteiger partial charge in [-0.3, -0.25) is 4.79 Å². The topological polar surface area (TPSA) is 107 Å². The fourth-order valence-electron chi connectivity index (χ4n) is 1.53. The minimum atomic E-state index is -3.91. The van der Waals surface area contributed by atoms with Crippen molar-refractivity contribution in [2.45, 2.75) is 11.4 Å². The Bertz CT molecular complexity index is 742. The number of carbonyl (C=O) groups is 1. The number of carbonyl (C=O) groups excluding carboxylic acids is 1. The van der Waals surface area contributed by atoms with E-state index < -0.39 is 30.5 Å². The molecule has 0 aliphatic heterocycles. The number of amides is 1. The molecule has 1 N–H and O–H groups in total. The molecule has 10 heteroatoms. The third-order valence-electron chi connectivity index (χ3n) is 2.40. The van der Waals surface area contributed by atoms with Crippen LogP contribution in [0.4, 0.5) is 0 Å². The van der Waals surface area contributed by atoms with Gasteiger partial charge in [0.15, 0.2) is 9.84 Å². The Morgan fingerprint density at radius 2 is 1.90 bits per heavy atom. The van der Waals surface area contributed by atoms with Crippen LogP contribution in [0.1, 0.15) is 5.56 Å². The van der Waals surface area contributed by atoms with Crippen LogP contribution in [0.15, 0.2) is 23.1 Å². The van der Waals surface area contributed by atoms with Gasteiger partial charge in [0.25, 0.3) is 9.05 Å². The predicted octanol–water partition coefficient (Wildman–Crippen LogP) is 0.283. The Kier molecular flexibility index (Phi) is 5.60. The minimum absolute atomic E-state index is 0.0855. The molecule has 0 saturated carbocycles. The first-order valence-corrected chi connectivity index (χ1v) is 9.96. The molecule has 0 spiro atoms. The molecular formula is C11H14ClNO6S2. The van der Waals surface area contributed by atoms with Gasteiger partial charge in [-0.2, -0.15) is 0 Å². The monoisotopic (exact) mass is 355 g/mol. The average molecular weight is 356 g/mol. The number of sulfone groups is 1. The fraction of sp³-hybridized carbons (Fsp3) is 0.364. The van der Waals surface area contributed by atoms with Crippen molar-refractivity contribution in [3.05, 3.63) is 23.8 Å². The van der Waals surface area contributed by atoms with Crippen molar-refractivity contribution < 1.29 is 26.4 Å². The summed E-state index contributed by atoms with van der Waals surface area (Å²) in [4.78, 5) is 11.3. The summed E-state index contributed by atoms with van der Waals surface area (Å²) in [7, 11) is -0.723. The maximum absolute atomic E-state index is 11.4. The maximum atomic E-state index is 11.4. The molecule has 7 nitrogen and oxygen atoms in total. The van der Waals surface area contributed by atoms with Crippen molar-refractivity contribution in [2.24, 2.45) is 0 Å². The summed E-state index contributed by atoms with van der Waals surface area (Å²) in [6.07, 6.45) is 0.938. The van der Waals surface area contributed by atoms with E-state index in [9.17, 15) is 21.6 Å². The van der Waals surface area contributed by atoms with Gasteiger partial charge in [0.1, 0.15) is 11.5 Å². The predicted molar refractivity (Wildman–Crippen MR) is 77.6 cm³/mol. The van der Waals surface area contributed by atoms with Gasteiger partial charge in [0.05, 0.1) is 12.0 Å². The molecule has 0 aromatic heterocycles. The maximum Gasteiger partial charge on any atom is 0.261 e. The first-order chi connectivity index (χ1) is 9.53. The van der Waals surface area contributed by atoms with Crippen molar-refractivity contribution in [3.8, 4) is 5.75 Å². The molecular weight excluding hydrogens is 342 g/mol. The van der Waals surface area contributed by atoms with Crippen LogP contribution in [0.5, 0.6) is 5.75 Å². The van der Waals surface area contributed by atoms with Crippen LogP contribution in [0.2, 0.25) is 0 Å². The number of hydrogen-bond acceptors (Lipinski definition) is 6. The molecule has 0 aliphatic carbocycles. The zero-order valence-electron chi connectivity index (χ0n) is 11.3. The lowest BCUT2D eigenvalue weighted by molar-refractivity contribution is -0.118. The third kappa shape index (κ3) is 5.90. The summed E-state index contributed by atoms with van der Waals surface area (Å²) in [6.45, 7) is -0.0855. The van der Waals surface area contributed by atoms with Crippen molar-refractivity contribution in [1.29, 1.82) is 0 Å². The highest BCUT2D eigenvalue weighted by atomic mass is 35.7. The summed E-state index contributed by atoms with van der Waals surface area (Å²) in [6, 6.07) is 3.91. The van der Waals surface area contributed by atoms with Crippen LogP contribution in [0.3, 0.4) is 0 Å². The van der Waals surface area contributed by atoms with Crippen molar-refractivity contribution >= 4 is 35.5 Å². The summed E-state index contributed by atoms with van der Waals surface area (Å²) < 4.78 is 49.5. The first-order valence-electron chi connectivity index (χ1n) is 5.59. The van der Waals surface area contributed by atoms with Gasteiger partial charge < -0.3 is 10.1 Å². The van der Waals surface area contributed by atoms with Gasteiger partial charge in [0.2, 0.25) is 5.91 Å². The Labute approximate surface area is 127 Å². The number of benzene rings is 1. The SMILES string of the molecule is COc1ccc(S(=O)(=O)Cl)cc1CNC(=O)CS(C)(=O)=O. The average Bonchev–Trinajstić information content (AvgIpc) is 2.32. The molecule has 0 saturated heterocycles. The van der Waals surface area contributed by atoms with E-state index in [0.717, 1.165) is 6.26 Å². The van der Waals surface area contributed by atoms with Gasteiger partial charge >= 0.3 is 0 Å². The quantitative estimate of drug-likeness (QED) is 0.735. The van der Waals surface area contributed by atoms with Crippen LogP contribution < -0.4 is 10.1 Å². The van der Waals surface area contributed by atoms with E-state index in [1.807, 2.05) is 0 Å². The van der Waals surface area contributed by atoms with E-state index in [-0.39, 0.29) is 11.4 Å². The molecule has 0 heterocycles. The molecule has 1 aromatic carbocycles. The first kappa shape index (κ1) is 17.7. The molecule has 1 rings (SSSR count). The molecule has 118 valence electrons. The molecule has 0 unspecified atom stereocenters. The van der Waals surface area contributed by atoms with E-state index in [1.54, 1.807) is 0 Å².